The molecule has 0 aliphatic carbocycles. The summed E-state index contributed by atoms with van der Waals surface area (Å²) in [6.45, 7) is 1.04. The fraction of sp³-hybridized carbons (Fsp3) is 0.280. The molecular weight excluding hydrogens is 392 g/mol. The van der Waals surface area contributed by atoms with Crippen LogP contribution in [0.15, 0.2) is 60.7 Å². The van der Waals surface area contributed by atoms with Gasteiger partial charge in [-0.2, -0.15) is 0 Å². The number of benzene rings is 3. The van der Waals surface area contributed by atoms with E-state index < -0.39 is 0 Å². The second kappa shape index (κ2) is 9.08. The molecule has 4 rings (SSSR count). The number of likely N-dealkylation sites (tertiary alicyclic amines) is 1. The van der Waals surface area contributed by atoms with Crippen LogP contribution in [0, 0.1) is 5.92 Å². The molecule has 31 heavy (non-hydrogen) atoms. The first kappa shape index (κ1) is 20.7. The summed E-state index contributed by atoms with van der Waals surface area (Å²) in [5.74, 6) is 1.03. The molecule has 1 N–H and O–H groups in total. The number of carbonyl (C=O) groups excluding carboxylic acids is 2. The van der Waals surface area contributed by atoms with Crippen molar-refractivity contribution >= 4 is 28.3 Å². The molecule has 1 heterocycles. The smallest absolute Gasteiger partial charge is 0.254 e. The van der Waals surface area contributed by atoms with Crippen LogP contribution in [0.4, 0.5) is 5.69 Å². The van der Waals surface area contributed by atoms with Crippen molar-refractivity contribution in [2.24, 2.45) is 5.92 Å². The number of nitrogens with one attached hydrogen (secondary N) is 1. The molecule has 0 radical (unpaired) electrons. The number of amides is 2. The van der Waals surface area contributed by atoms with E-state index in [0.29, 0.717) is 30.1 Å². The predicted molar refractivity (Wildman–Crippen MR) is 121 cm³/mol. The lowest BCUT2D eigenvalue weighted by atomic mass is 9.95. The summed E-state index contributed by atoms with van der Waals surface area (Å²) in [5.41, 5.74) is 1.32. The molecule has 1 aliphatic heterocycles. The van der Waals surface area contributed by atoms with Gasteiger partial charge in [0.25, 0.3) is 5.91 Å². The molecule has 2 amide bonds. The second-order valence-electron chi connectivity index (χ2n) is 7.67. The molecule has 0 spiro atoms. The van der Waals surface area contributed by atoms with Gasteiger partial charge >= 0.3 is 0 Å². The summed E-state index contributed by atoms with van der Waals surface area (Å²) >= 11 is 0. The molecule has 6 heteroatoms. The average molecular weight is 418 g/mol. The maximum atomic E-state index is 13.4. The molecule has 1 fully saturated rings. The maximum Gasteiger partial charge on any atom is 0.254 e. The van der Waals surface area contributed by atoms with E-state index in [-0.39, 0.29) is 17.7 Å². The number of carbonyl (C=O) groups is 2. The molecule has 160 valence electrons. The van der Waals surface area contributed by atoms with E-state index in [1.807, 2.05) is 54.6 Å². The van der Waals surface area contributed by atoms with Crippen molar-refractivity contribution in [3.63, 3.8) is 0 Å². The fourth-order valence-electron chi connectivity index (χ4n) is 4.13. The highest BCUT2D eigenvalue weighted by Crippen LogP contribution is 2.30. The summed E-state index contributed by atoms with van der Waals surface area (Å²) in [6.07, 6.45) is 1.54. The van der Waals surface area contributed by atoms with Gasteiger partial charge in [0.05, 0.1) is 20.1 Å². The summed E-state index contributed by atoms with van der Waals surface area (Å²) < 4.78 is 10.7. The molecule has 0 unspecified atom stereocenters. The topological polar surface area (TPSA) is 67.9 Å². The zero-order chi connectivity index (χ0) is 21.8. The Balaban J connectivity index is 1.51. The third kappa shape index (κ3) is 4.33. The zero-order valence-corrected chi connectivity index (χ0v) is 17.8. The lowest BCUT2D eigenvalue weighted by molar-refractivity contribution is -0.121. The molecule has 0 saturated carbocycles. The number of piperidine rings is 1. The first-order valence-electron chi connectivity index (χ1n) is 10.4. The van der Waals surface area contributed by atoms with Crippen molar-refractivity contribution in [3.05, 3.63) is 66.2 Å². The number of fused-ring (bicyclic) bond motifs is 1. The van der Waals surface area contributed by atoms with E-state index in [0.717, 1.165) is 29.4 Å². The van der Waals surface area contributed by atoms with Crippen LogP contribution in [0.25, 0.3) is 10.8 Å². The van der Waals surface area contributed by atoms with Crippen molar-refractivity contribution in [1.29, 1.82) is 0 Å². The standard InChI is InChI=1S/C25H26N2O4/c1-30-19-9-5-8-18(15-19)26-24(28)17-7-6-14-27(16-17)25(29)22-12-13-23(31-2)21-11-4-3-10-20(21)22/h3-5,8-13,15,17H,6-7,14,16H2,1-2H3,(H,26,28)/t17-/m1/s1. The maximum absolute atomic E-state index is 13.4. The molecule has 3 aromatic carbocycles. The molecule has 0 bridgehead atoms. The first-order chi connectivity index (χ1) is 15.1. The van der Waals surface area contributed by atoms with Crippen LogP contribution < -0.4 is 14.8 Å². The van der Waals surface area contributed by atoms with E-state index in [1.165, 1.54) is 0 Å². The Bertz CT molecular complexity index is 1110. The van der Waals surface area contributed by atoms with Crippen molar-refractivity contribution in [1.82, 2.24) is 4.90 Å². The molecule has 1 saturated heterocycles. The van der Waals surface area contributed by atoms with Crippen LogP contribution in [0.2, 0.25) is 0 Å². The van der Waals surface area contributed by atoms with Gasteiger partial charge in [-0.15, -0.1) is 0 Å². The van der Waals surface area contributed by atoms with E-state index in [2.05, 4.69) is 5.32 Å². The minimum absolute atomic E-state index is 0.0577. The lowest BCUT2D eigenvalue weighted by Gasteiger charge is -2.32. The molecule has 3 aromatic rings. The van der Waals surface area contributed by atoms with Crippen LogP contribution in [0.5, 0.6) is 11.5 Å². The number of methoxy groups -OCH3 is 2. The Kier molecular flexibility index (Phi) is 6.07. The largest absolute Gasteiger partial charge is 0.497 e. The van der Waals surface area contributed by atoms with Crippen molar-refractivity contribution in [3.8, 4) is 11.5 Å². The third-order valence-corrected chi connectivity index (χ3v) is 5.75. The number of hydrogen-bond acceptors (Lipinski definition) is 4. The second-order valence-corrected chi connectivity index (χ2v) is 7.67. The van der Waals surface area contributed by atoms with E-state index in [4.69, 9.17) is 9.47 Å². The lowest BCUT2D eigenvalue weighted by Crippen LogP contribution is -2.43. The SMILES string of the molecule is COc1cccc(NC(=O)[C@@H]2CCCN(C(=O)c3ccc(OC)c4ccccc34)C2)c1. The average Bonchev–Trinajstić information content (AvgIpc) is 2.83. The van der Waals surface area contributed by atoms with Crippen LogP contribution in [-0.2, 0) is 4.79 Å². The van der Waals surface area contributed by atoms with Gasteiger partial charge in [-0.05, 0) is 42.5 Å². The first-order valence-corrected chi connectivity index (χ1v) is 10.4. The monoisotopic (exact) mass is 418 g/mol. The van der Waals surface area contributed by atoms with Crippen LogP contribution >= 0.6 is 0 Å². The van der Waals surface area contributed by atoms with Crippen LogP contribution in [0.1, 0.15) is 23.2 Å². The number of rotatable bonds is 5. The number of ether oxygens (including phenoxy) is 2. The van der Waals surface area contributed by atoms with E-state index in [9.17, 15) is 9.59 Å². The third-order valence-electron chi connectivity index (χ3n) is 5.75. The Morgan fingerprint density at radius 2 is 1.77 bits per heavy atom. The van der Waals surface area contributed by atoms with Crippen LogP contribution in [0.3, 0.4) is 0 Å². The van der Waals surface area contributed by atoms with Gasteiger partial charge in [-0.3, -0.25) is 9.59 Å². The normalized spacial score (nSPS) is 16.1. The number of hydrogen-bond donors (Lipinski definition) is 1. The van der Waals surface area contributed by atoms with Gasteiger partial charge in [0.2, 0.25) is 5.91 Å². The quantitative estimate of drug-likeness (QED) is 0.669. The van der Waals surface area contributed by atoms with Gasteiger partial charge in [-0.1, -0.05) is 30.3 Å². The highest BCUT2D eigenvalue weighted by molar-refractivity contribution is 6.08. The highest BCUT2D eigenvalue weighted by Gasteiger charge is 2.30. The van der Waals surface area contributed by atoms with E-state index >= 15 is 0 Å². The molecule has 0 aromatic heterocycles. The Morgan fingerprint density at radius 1 is 0.968 bits per heavy atom. The number of nitrogens with zero attached hydrogens (tertiary/aromatic N) is 1. The molecule has 1 atom stereocenters. The van der Waals surface area contributed by atoms with Crippen molar-refractivity contribution < 1.29 is 19.1 Å². The van der Waals surface area contributed by atoms with Gasteiger partial charge in [0.1, 0.15) is 11.5 Å². The predicted octanol–water partition coefficient (Wildman–Crippen LogP) is 4.35. The zero-order valence-electron chi connectivity index (χ0n) is 17.8. The molecule has 6 nitrogen and oxygen atoms in total. The highest BCUT2D eigenvalue weighted by atomic mass is 16.5. The molecule has 1 aliphatic rings. The summed E-state index contributed by atoms with van der Waals surface area (Å²) in [7, 11) is 3.22. The minimum atomic E-state index is -0.256. The molecular formula is C25H26N2O4. The minimum Gasteiger partial charge on any atom is -0.497 e. The Morgan fingerprint density at radius 3 is 2.55 bits per heavy atom. The Labute approximate surface area is 181 Å². The fourth-order valence-corrected chi connectivity index (χ4v) is 4.13. The summed E-state index contributed by atoms with van der Waals surface area (Å²) in [5, 5.41) is 4.72. The van der Waals surface area contributed by atoms with Crippen molar-refractivity contribution in [2.75, 3.05) is 32.6 Å². The van der Waals surface area contributed by atoms with Gasteiger partial charge in [0.15, 0.2) is 0 Å². The van der Waals surface area contributed by atoms with Crippen molar-refractivity contribution in [2.45, 2.75) is 12.8 Å². The summed E-state index contributed by atoms with van der Waals surface area (Å²) in [6, 6.07) is 18.6. The number of anilines is 1. The van der Waals surface area contributed by atoms with E-state index in [1.54, 1.807) is 25.2 Å². The van der Waals surface area contributed by atoms with Gasteiger partial charge < -0.3 is 19.7 Å². The van der Waals surface area contributed by atoms with Gasteiger partial charge in [0, 0.05) is 35.8 Å². The van der Waals surface area contributed by atoms with Gasteiger partial charge in [-0.25, -0.2) is 0 Å². The summed E-state index contributed by atoms with van der Waals surface area (Å²) in [4.78, 5) is 28.0. The van der Waals surface area contributed by atoms with Crippen LogP contribution in [-0.4, -0.2) is 44.0 Å². The Hall–Kier alpha value is -3.54.